The first kappa shape index (κ1) is 14.7. The van der Waals surface area contributed by atoms with Crippen LogP contribution in [0.1, 0.15) is 46.9 Å². The molecule has 0 aliphatic carbocycles. The van der Waals surface area contributed by atoms with Gasteiger partial charge in [-0.3, -0.25) is 0 Å². The molecule has 0 saturated carbocycles. The molecule has 0 spiro atoms. The van der Waals surface area contributed by atoms with Crippen molar-refractivity contribution in [3.05, 3.63) is 11.9 Å². The van der Waals surface area contributed by atoms with Crippen LogP contribution in [0.25, 0.3) is 0 Å². The molecule has 1 rings (SSSR count). The fourth-order valence-corrected chi connectivity index (χ4v) is 1.98. The van der Waals surface area contributed by atoms with Crippen LogP contribution in [-0.2, 0) is 6.42 Å². The van der Waals surface area contributed by atoms with E-state index in [9.17, 15) is 0 Å². The van der Waals surface area contributed by atoms with E-state index in [-0.39, 0.29) is 0 Å². The second kappa shape index (κ2) is 7.19. The summed E-state index contributed by atoms with van der Waals surface area (Å²) in [6, 6.07) is 2.56. The smallest absolute Gasteiger partial charge is 0.134 e. The second-order valence-electron chi connectivity index (χ2n) is 4.45. The lowest BCUT2D eigenvalue weighted by Gasteiger charge is -2.28. The zero-order valence-electron chi connectivity index (χ0n) is 12.3. The summed E-state index contributed by atoms with van der Waals surface area (Å²) in [6.45, 7) is 12.7. The molecule has 0 aliphatic heterocycles. The lowest BCUT2D eigenvalue weighted by Crippen LogP contribution is -2.33. The maximum atomic E-state index is 4.65. The molecule has 102 valence electrons. The van der Waals surface area contributed by atoms with Crippen LogP contribution < -0.4 is 10.2 Å². The zero-order valence-corrected chi connectivity index (χ0v) is 12.3. The summed E-state index contributed by atoms with van der Waals surface area (Å²) in [4.78, 5) is 11.5. The van der Waals surface area contributed by atoms with E-state index in [1.165, 1.54) is 0 Å². The molecule has 0 amide bonds. The van der Waals surface area contributed by atoms with Crippen LogP contribution in [-0.4, -0.2) is 29.1 Å². The Morgan fingerprint density at radius 3 is 2.44 bits per heavy atom. The van der Waals surface area contributed by atoms with Crippen molar-refractivity contribution < 1.29 is 0 Å². The normalized spacial score (nSPS) is 12.3. The van der Waals surface area contributed by atoms with Crippen molar-refractivity contribution in [3.63, 3.8) is 0 Å². The van der Waals surface area contributed by atoms with Gasteiger partial charge in [-0.15, -0.1) is 0 Å². The SMILES string of the molecule is CCNc1cc(N(CC)C(C)CC)nc(CC)n1. The van der Waals surface area contributed by atoms with Crippen molar-refractivity contribution in [2.45, 2.75) is 53.5 Å². The minimum atomic E-state index is 0.504. The maximum Gasteiger partial charge on any atom is 0.134 e. The molecule has 1 aromatic heterocycles. The van der Waals surface area contributed by atoms with E-state index >= 15 is 0 Å². The maximum absolute atomic E-state index is 4.65. The number of hydrogen-bond acceptors (Lipinski definition) is 4. The lowest BCUT2D eigenvalue weighted by atomic mass is 10.2. The Balaban J connectivity index is 3.08. The van der Waals surface area contributed by atoms with Crippen molar-refractivity contribution in [2.24, 2.45) is 0 Å². The summed E-state index contributed by atoms with van der Waals surface area (Å²) in [5.41, 5.74) is 0. The van der Waals surface area contributed by atoms with Gasteiger partial charge in [-0.25, -0.2) is 9.97 Å². The third kappa shape index (κ3) is 3.59. The van der Waals surface area contributed by atoms with Gasteiger partial charge in [-0.05, 0) is 27.2 Å². The van der Waals surface area contributed by atoms with Crippen LogP contribution in [0.3, 0.4) is 0 Å². The Labute approximate surface area is 111 Å². The van der Waals surface area contributed by atoms with Crippen molar-refractivity contribution >= 4 is 11.6 Å². The lowest BCUT2D eigenvalue weighted by molar-refractivity contribution is 0.620. The second-order valence-corrected chi connectivity index (χ2v) is 4.45. The standard InChI is InChI=1S/C14H26N4/c1-6-11(5)18(9-4)14-10-13(15-8-3)16-12(7-2)17-14/h10-11H,6-9H2,1-5H3,(H,15,16,17). The molecule has 0 radical (unpaired) electrons. The van der Waals surface area contributed by atoms with Crippen molar-refractivity contribution in [2.75, 3.05) is 23.3 Å². The highest BCUT2D eigenvalue weighted by Crippen LogP contribution is 2.19. The third-order valence-corrected chi connectivity index (χ3v) is 3.19. The highest BCUT2D eigenvalue weighted by molar-refractivity contribution is 5.50. The van der Waals surface area contributed by atoms with Gasteiger partial charge in [0.25, 0.3) is 0 Å². The first-order valence-corrected chi connectivity index (χ1v) is 7.04. The zero-order chi connectivity index (χ0) is 13.5. The quantitative estimate of drug-likeness (QED) is 0.807. The molecule has 0 bridgehead atoms. The molecule has 0 saturated heterocycles. The minimum Gasteiger partial charge on any atom is -0.370 e. The highest BCUT2D eigenvalue weighted by Gasteiger charge is 2.14. The average molecular weight is 250 g/mol. The van der Waals surface area contributed by atoms with E-state index in [0.29, 0.717) is 6.04 Å². The van der Waals surface area contributed by atoms with Crippen molar-refractivity contribution in [1.82, 2.24) is 9.97 Å². The number of aromatic nitrogens is 2. The molecule has 4 nitrogen and oxygen atoms in total. The Morgan fingerprint density at radius 1 is 1.22 bits per heavy atom. The topological polar surface area (TPSA) is 41.0 Å². The van der Waals surface area contributed by atoms with Gasteiger partial charge in [0.2, 0.25) is 0 Å². The van der Waals surface area contributed by atoms with Crippen LogP contribution in [0.15, 0.2) is 6.07 Å². The van der Waals surface area contributed by atoms with Gasteiger partial charge in [0.15, 0.2) is 0 Å². The molecule has 1 N–H and O–H groups in total. The predicted molar refractivity (Wildman–Crippen MR) is 78.3 cm³/mol. The van der Waals surface area contributed by atoms with E-state index in [4.69, 9.17) is 0 Å². The van der Waals surface area contributed by atoms with Gasteiger partial charge < -0.3 is 10.2 Å². The molecule has 4 heteroatoms. The molecule has 1 aromatic rings. The van der Waals surface area contributed by atoms with Crippen LogP contribution >= 0.6 is 0 Å². The number of nitrogens with one attached hydrogen (secondary N) is 1. The number of hydrogen-bond donors (Lipinski definition) is 1. The Bertz CT molecular complexity index is 365. The fraction of sp³-hybridized carbons (Fsp3) is 0.714. The fourth-order valence-electron chi connectivity index (χ4n) is 1.98. The Morgan fingerprint density at radius 2 is 1.94 bits per heavy atom. The van der Waals surface area contributed by atoms with Crippen molar-refractivity contribution in [3.8, 4) is 0 Å². The number of nitrogens with zero attached hydrogens (tertiary/aromatic N) is 3. The molecular formula is C14H26N4. The first-order valence-electron chi connectivity index (χ1n) is 7.04. The largest absolute Gasteiger partial charge is 0.370 e. The monoisotopic (exact) mass is 250 g/mol. The van der Waals surface area contributed by atoms with E-state index in [2.05, 4.69) is 60.9 Å². The van der Waals surface area contributed by atoms with E-state index < -0.39 is 0 Å². The van der Waals surface area contributed by atoms with Gasteiger partial charge in [-0.2, -0.15) is 0 Å². The summed E-state index contributed by atoms with van der Waals surface area (Å²) < 4.78 is 0. The number of rotatable bonds is 7. The third-order valence-electron chi connectivity index (χ3n) is 3.19. The molecular weight excluding hydrogens is 224 g/mol. The average Bonchev–Trinajstić information content (AvgIpc) is 2.39. The summed E-state index contributed by atoms with van der Waals surface area (Å²) >= 11 is 0. The summed E-state index contributed by atoms with van der Waals surface area (Å²) in [5, 5.41) is 3.28. The summed E-state index contributed by atoms with van der Waals surface area (Å²) in [5.74, 6) is 2.88. The molecule has 0 aromatic carbocycles. The molecule has 1 heterocycles. The van der Waals surface area contributed by atoms with Crippen LogP contribution in [0.2, 0.25) is 0 Å². The highest BCUT2D eigenvalue weighted by atomic mass is 15.2. The summed E-state index contributed by atoms with van der Waals surface area (Å²) in [6.07, 6.45) is 1.99. The van der Waals surface area contributed by atoms with Gasteiger partial charge >= 0.3 is 0 Å². The number of aryl methyl sites for hydroxylation is 1. The van der Waals surface area contributed by atoms with Crippen molar-refractivity contribution in [1.29, 1.82) is 0 Å². The molecule has 1 unspecified atom stereocenters. The van der Waals surface area contributed by atoms with Gasteiger partial charge in [0, 0.05) is 31.6 Å². The molecule has 0 aliphatic rings. The van der Waals surface area contributed by atoms with Gasteiger partial charge in [0.1, 0.15) is 17.5 Å². The van der Waals surface area contributed by atoms with E-state index in [0.717, 1.165) is 43.4 Å². The van der Waals surface area contributed by atoms with E-state index in [1.54, 1.807) is 0 Å². The Kier molecular flexibility index (Phi) is 5.89. The minimum absolute atomic E-state index is 0.504. The summed E-state index contributed by atoms with van der Waals surface area (Å²) in [7, 11) is 0. The predicted octanol–water partition coefficient (Wildman–Crippen LogP) is 3.10. The molecule has 1 atom stereocenters. The first-order chi connectivity index (χ1) is 8.65. The van der Waals surface area contributed by atoms with Gasteiger partial charge in [-0.1, -0.05) is 13.8 Å². The molecule has 0 fully saturated rings. The van der Waals surface area contributed by atoms with Crippen LogP contribution in [0.4, 0.5) is 11.6 Å². The van der Waals surface area contributed by atoms with E-state index in [1.807, 2.05) is 0 Å². The van der Waals surface area contributed by atoms with Crippen LogP contribution in [0.5, 0.6) is 0 Å². The van der Waals surface area contributed by atoms with Gasteiger partial charge in [0.05, 0.1) is 0 Å². The van der Waals surface area contributed by atoms with Crippen LogP contribution in [0, 0.1) is 0 Å². The number of anilines is 2. The Hall–Kier alpha value is -1.32. The molecule has 18 heavy (non-hydrogen) atoms.